The van der Waals surface area contributed by atoms with E-state index in [0.717, 1.165) is 0 Å². The van der Waals surface area contributed by atoms with Crippen molar-refractivity contribution in [1.29, 1.82) is 0 Å². The summed E-state index contributed by atoms with van der Waals surface area (Å²) in [6.07, 6.45) is 0. The fourth-order valence-electron chi connectivity index (χ4n) is 8.22. The van der Waals surface area contributed by atoms with E-state index >= 15 is 0 Å². The minimum Gasteiger partial charge on any atom is -0.309 e. The lowest BCUT2D eigenvalue weighted by Crippen LogP contribution is -1.93. The van der Waals surface area contributed by atoms with Gasteiger partial charge in [-0.3, -0.25) is 0 Å². The van der Waals surface area contributed by atoms with Crippen molar-refractivity contribution < 1.29 is 0 Å². The molecule has 3 heterocycles. The lowest BCUT2D eigenvalue weighted by molar-refractivity contribution is 1.18. The monoisotopic (exact) mass is 692 g/mol. The first-order chi connectivity index (χ1) is 26.3. The molecule has 0 fully saturated rings. The SMILES string of the molecule is c1ccc(-c2ccc3c(c2)c2cc(-c4ccc(-c5ccc6c(c5)c5sc7ccccc7c5n6-c5ccccc5)cc4)ccc2n3-c2ccccc2)cc1. The number of thiophene rings is 1. The number of rotatable bonds is 5. The third kappa shape index (κ3) is 4.78. The molecule has 0 saturated heterocycles. The Balaban J connectivity index is 1.02. The third-order valence-corrected chi connectivity index (χ3v) is 11.9. The van der Waals surface area contributed by atoms with E-state index in [9.17, 15) is 0 Å². The molecule has 3 heteroatoms. The lowest BCUT2D eigenvalue weighted by atomic mass is 9.98. The van der Waals surface area contributed by atoms with Gasteiger partial charge in [-0.1, -0.05) is 127 Å². The van der Waals surface area contributed by atoms with Crippen molar-refractivity contribution in [2.24, 2.45) is 0 Å². The van der Waals surface area contributed by atoms with Gasteiger partial charge in [0.1, 0.15) is 0 Å². The zero-order valence-corrected chi connectivity index (χ0v) is 29.6. The maximum absolute atomic E-state index is 2.43. The Bertz CT molecular complexity index is 3130. The molecular weight excluding hydrogens is 661 g/mol. The van der Waals surface area contributed by atoms with Crippen molar-refractivity contribution in [3.8, 4) is 44.8 Å². The third-order valence-electron chi connectivity index (χ3n) is 10.7. The van der Waals surface area contributed by atoms with Crippen LogP contribution in [0.1, 0.15) is 0 Å². The summed E-state index contributed by atoms with van der Waals surface area (Å²) < 4.78 is 7.48. The van der Waals surface area contributed by atoms with E-state index in [1.165, 1.54) is 97.8 Å². The van der Waals surface area contributed by atoms with Gasteiger partial charge in [-0.25, -0.2) is 0 Å². The predicted molar refractivity (Wildman–Crippen MR) is 227 cm³/mol. The van der Waals surface area contributed by atoms with Crippen LogP contribution in [0.4, 0.5) is 0 Å². The summed E-state index contributed by atoms with van der Waals surface area (Å²) in [5.74, 6) is 0. The summed E-state index contributed by atoms with van der Waals surface area (Å²) >= 11 is 1.89. The number of hydrogen-bond acceptors (Lipinski definition) is 1. The number of aromatic nitrogens is 2. The van der Waals surface area contributed by atoms with Crippen LogP contribution in [0.15, 0.2) is 194 Å². The van der Waals surface area contributed by atoms with Gasteiger partial charge in [0.05, 0.1) is 26.8 Å². The van der Waals surface area contributed by atoms with Crippen LogP contribution in [0, 0.1) is 0 Å². The molecule has 0 aliphatic rings. The van der Waals surface area contributed by atoms with Crippen molar-refractivity contribution in [3.63, 3.8) is 0 Å². The lowest BCUT2D eigenvalue weighted by Gasteiger charge is -2.10. The van der Waals surface area contributed by atoms with Gasteiger partial charge < -0.3 is 9.13 Å². The Morgan fingerprint density at radius 2 is 0.717 bits per heavy atom. The van der Waals surface area contributed by atoms with Crippen molar-refractivity contribution in [1.82, 2.24) is 9.13 Å². The Morgan fingerprint density at radius 3 is 1.28 bits per heavy atom. The van der Waals surface area contributed by atoms with Crippen LogP contribution in [0.2, 0.25) is 0 Å². The topological polar surface area (TPSA) is 9.86 Å². The maximum Gasteiger partial charge on any atom is 0.0727 e. The number of nitrogens with zero attached hydrogens (tertiary/aromatic N) is 2. The normalized spacial score (nSPS) is 11.8. The minimum atomic E-state index is 1.17. The molecule has 0 radical (unpaired) electrons. The number of hydrogen-bond donors (Lipinski definition) is 0. The summed E-state index contributed by atoms with van der Waals surface area (Å²) in [6, 6.07) is 70.7. The molecule has 53 heavy (non-hydrogen) atoms. The van der Waals surface area contributed by atoms with E-state index in [0.29, 0.717) is 0 Å². The highest BCUT2D eigenvalue weighted by Gasteiger charge is 2.19. The largest absolute Gasteiger partial charge is 0.309 e. The average Bonchev–Trinajstić information content (AvgIpc) is 3.88. The van der Waals surface area contributed by atoms with Gasteiger partial charge in [-0.05, 0) is 100 Å². The maximum atomic E-state index is 2.43. The molecule has 11 aromatic rings. The van der Waals surface area contributed by atoms with E-state index < -0.39 is 0 Å². The molecule has 11 rings (SSSR count). The Morgan fingerprint density at radius 1 is 0.302 bits per heavy atom. The Labute approximate surface area is 311 Å². The molecule has 248 valence electrons. The first kappa shape index (κ1) is 30.0. The van der Waals surface area contributed by atoms with Crippen molar-refractivity contribution >= 4 is 64.3 Å². The van der Waals surface area contributed by atoms with Crippen LogP contribution in [-0.2, 0) is 0 Å². The second-order valence-electron chi connectivity index (χ2n) is 13.8. The molecule has 0 N–H and O–H groups in total. The molecule has 0 aliphatic heterocycles. The van der Waals surface area contributed by atoms with Gasteiger partial charge in [0, 0.05) is 37.6 Å². The van der Waals surface area contributed by atoms with E-state index in [1.807, 2.05) is 11.3 Å². The molecule has 0 unspecified atom stereocenters. The zero-order chi connectivity index (χ0) is 34.9. The van der Waals surface area contributed by atoms with Gasteiger partial charge in [-0.2, -0.15) is 0 Å². The molecule has 0 amide bonds. The van der Waals surface area contributed by atoms with Gasteiger partial charge in [0.2, 0.25) is 0 Å². The smallest absolute Gasteiger partial charge is 0.0727 e. The Hall–Kier alpha value is -6.68. The minimum absolute atomic E-state index is 1.17. The standard InChI is InChI=1S/C50H32N2S/c1-4-12-33(13-5-1)36-24-27-45-42(30-36)43-31-37(25-28-46(43)51(45)39-14-6-2-7-15-39)34-20-22-35(23-21-34)38-26-29-47-44(32-38)50-49(41-18-10-11-19-48(41)53-50)52(47)40-16-8-3-9-17-40/h1-32H. The van der Waals surface area contributed by atoms with Crippen LogP contribution < -0.4 is 0 Å². The fourth-order valence-corrected chi connectivity index (χ4v) is 9.43. The van der Waals surface area contributed by atoms with E-state index in [-0.39, 0.29) is 0 Å². The molecule has 0 atom stereocenters. The molecular formula is C50H32N2S. The van der Waals surface area contributed by atoms with Crippen LogP contribution in [-0.4, -0.2) is 9.13 Å². The molecule has 3 aromatic heterocycles. The molecule has 0 saturated carbocycles. The first-order valence-electron chi connectivity index (χ1n) is 18.1. The average molecular weight is 693 g/mol. The number of fused-ring (bicyclic) bond motifs is 8. The fraction of sp³-hybridized carbons (Fsp3) is 0. The summed E-state index contributed by atoms with van der Waals surface area (Å²) in [5, 5.41) is 5.11. The number of benzene rings is 8. The highest BCUT2D eigenvalue weighted by atomic mass is 32.1. The van der Waals surface area contributed by atoms with E-state index in [1.54, 1.807) is 0 Å². The van der Waals surface area contributed by atoms with Crippen LogP contribution in [0.3, 0.4) is 0 Å². The highest BCUT2D eigenvalue weighted by molar-refractivity contribution is 7.26. The summed E-state index contributed by atoms with van der Waals surface area (Å²) in [7, 11) is 0. The molecule has 0 bridgehead atoms. The molecule has 0 aliphatic carbocycles. The van der Waals surface area contributed by atoms with Gasteiger partial charge in [-0.15, -0.1) is 11.3 Å². The van der Waals surface area contributed by atoms with Gasteiger partial charge >= 0.3 is 0 Å². The number of para-hydroxylation sites is 2. The van der Waals surface area contributed by atoms with E-state index in [2.05, 4.69) is 203 Å². The quantitative estimate of drug-likeness (QED) is 0.170. The summed E-state index contributed by atoms with van der Waals surface area (Å²) in [5.41, 5.74) is 14.6. The zero-order valence-electron chi connectivity index (χ0n) is 28.8. The van der Waals surface area contributed by atoms with Gasteiger partial charge in [0.15, 0.2) is 0 Å². The predicted octanol–water partition coefficient (Wildman–Crippen LogP) is 14.1. The summed E-state index contributed by atoms with van der Waals surface area (Å²) in [4.78, 5) is 0. The molecule has 8 aromatic carbocycles. The Kier molecular flexibility index (Phi) is 6.76. The van der Waals surface area contributed by atoms with E-state index in [4.69, 9.17) is 0 Å². The van der Waals surface area contributed by atoms with Crippen LogP contribution >= 0.6 is 11.3 Å². The second kappa shape index (κ2) is 11.9. The van der Waals surface area contributed by atoms with Crippen molar-refractivity contribution in [3.05, 3.63) is 194 Å². The highest BCUT2D eigenvalue weighted by Crippen LogP contribution is 2.44. The van der Waals surface area contributed by atoms with Crippen molar-refractivity contribution in [2.75, 3.05) is 0 Å². The van der Waals surface area contributed by atoms with Crippen LogP contribution in [0.5, 0.6) is 0 Å². The van der Waals surface area contributed by atoms with Gasteiger partial charge in [0.25, 0.3) is 0 Å². The first-order valence-corrected chi connectivity index (χ1v) is 18.9. The second-order valence-corrected chi connectivity index (χ2v) is 14.8. The summed E-state index contributed by atoms with van der Waals surface area (Å²) in [6.45, 7) is 0. The van der Waals surface area contributed by atoms with Crippen molar-refractivity contribution in [2.45, 2.75) is 0 Å². The molecule has 2 nitrogen and oxygen atoms in total. The molecule has 0 spiro atoms. The van der Waals surface area contributed by atoms with Crippen LogP contribution in [0.25, 0.3) is 97.8 Å².